The van der Waals surface area contributed by atoms with Gasteiger partial charge < -0.3 is 20.9 Å². The summed E-state index contributed by atoms with van der Waals surface area (Å²) in [6.45, 7) is 4.77. The topological polar surface area (TPSA) is 84.6 Å². The van der Waals surface area contributed by atoms with Crippen molar-refractivity contribution in [3.05, 3.63) is 28.8 Å². The van der Waals surface area contributed by atoms with Gasteiger partial charge in [-0.15, -0.1) is 0 Å². The third-order valence-corrected chi connectivity index (χ3v) is 3.52. The van der Waals surface area contributed by atoms with Crippen LogP contribution in [-0.2, 0) is 4.74 Å². The quantitative estimate of drug-likeness (QED) is 0.704. The van der Waals surface area contributed by atoms with E-state index in [2.05, 4.69) is 5.32 Å². The Morgan fingerprint density at radius 2 is 2.21 bits per heavy atom. The lowest BCUT2D eigenvalue weighted by Gasteiger charge is -2.21. The van der Waals surface area contributed by atoms with E-state index in [9.17, 15) is 9.90 Å². The molecule has 4 N–H and O–H groups in total. The van der Waals surface area contributed by atoms with Crippen LogP contribution in [0.4, 0.5) is 5.69 Å². The third kappa shape index (κ3) is 3.05. The molecule has 1 aromatic rings. The van der Waals surface area contributed by atoms with Crippen LogP contribution in [0.3, 0.4) is 0 Å². The van der Waals surface area contributed by atoms with E-state index in [4.69, 9.17) is 10.5 Å². The number of hydrogen-bond acceptors (Lipinski definition) is 4. The van der Waals surface area contributed by atoms with Crippen molar-refractivity contribution < 1.29 is 14.6 Å². The zero-order chi connectivity index (χ0) is 14.0. The fourth-order valence-corrected chi connectivity index (χ4v) is 2.19. The lowest BCUT2D eigenvalue weighted by molar-refractivity contribution is 0.0264. The molecule has 1 amide bonds. The first-order valence-corrected chi connectivity index (χ1v) is 6.36. The van der Waals surface area contributed by atoms with Crippen LogP contribution in [0.25, 0.3) is 0 Å². The SMILES string of the molecule is Cc1cc(C)c(C(=O)NCC2(O)CCOC2)cc1N. The Kier molecular flexibility index (Phi) is 3.78. The summed E-state index contributed by atoms with van der Waals surface area (Å²) < 4.78 is 5.14. The van der Waals surface area contributed by atoms with Crippen molar-refractivity contribution in [2.75, 3.05) is 25.5 Å². The molecule has 1 aromatic carbocycles. The summed E-state index contributed by atoms with van der Waals surface area (Å²) in [6.07, 6.45) is 0.544. The van der Waals surface area contributed by atoms with Gasteiger partial charge in [0.1, 0.15) is 5.60 Å². The predicted molar refractivity (Wildman–Crippen MR) is 73.0 cm³/mol. The molecule has 0 saturated carbocycles. The molecule has 5 heteroatoms. The Morgan fingerprint density at radius 3 is 2.84 bits per heavy atom. The van der Waals surface area contributed by atoms with Crippen LogP contribution in [0, 0.1) is 13.8 Å². The van der Waals surface area contributed by atoms with Gasteiger partial charge >= 0.3 is 0 Å². The number of aryl methyl sites for hydroxylation is 2. The van der Waals surface area contributed by atoms with Crippen LogP contribution < -0.4 is 11.1 Å². The molecule has 2 rings (SSSR count). The molecule has 0 bridgehead atoms. The molecule has 1 aliphatic heterocycles. The summed E-state index contributed by atoms with van der Waals surface area (Å²) in [5.41, 5.74) is 7.85. The average molecular weight is 264 g/mol. The minimum Gasteiger partial charge on any atom is -0.398 e. The molecule has 1 heterocycles. The molecule has 0 radical (unpaired) electrons. The molecule has 1 unspecified atom stereocenters. The monoisotopic (exact) mass is 264 g/mol. The summed E-state index contributed by atoms with van der Waals surface area (Å²) in [4.78, 5) is 12.1. The first-order valence-electron chi connectivity index (χ1n) is 6.36. The molecule has 19 heavy (non-hydrogen) atoms. The van der Waals surface area contributed by atoms with Crippen molar-refractivity contribution in [1.29, 1.82) is 0 Å². The van der Waals surface area contributed by atoms with Gasteiger partial charge in [0.05, 0.1) is 6.61 Å². The number of rotatable bonds is 3. The number of nitrogens with one attached hydrogen (secondary N) is 1. The number of aliphatic hydroxyl groups is 1. The number of nitrogens with two attached hydrogens (primary N) is 1. The number of anilines is 1. The number of nitrogen functional groups attached to an aromatic ring is 1. The normalized spacial score (nSPS) is 22.5. The second-order valence-electron chi connectivity index (χ2n) is 5.23. The Balaban J connectivity index is 2.06. The first kappa shape index (κ1) is 13.8. The summed E-state index contributed by atoms with van der Waals surface area (Å²) in [5.74, 6) is -0.218. The van der Waals surface area contributed by atoms with E-state index in [1.807, 2.05) is 19.9 Å². The van der Waals surface area contributed by atoms with Crippen molar-refractivity contribution in [2.24, 2.45) is 0 Å². The van der Waals surface area contributed by atoms with Crippen molar-refractivity contribution in [3.8, 4) is 0 Å². The molecule has 0 aromatic heterocycles. The Hall–Kier alpha value is -1.59. The predicted octanol–water partition coefficient (Wildman–Crippen LogP) is 0.767. The summed E-state index contributed by atoms with van der Waals surface area (Å²) in [6, 6.07) is 3.56. The summed E-state index contributed by atoms with van der Waals surface area (Å²) >= 11 is 0. The van der Waals surface area contributed by atoms with Crippen LogP contribution in [0.1, 0.15) is 27.9 Å². The van der Waals surface area contributed by atoms with Gasteiger partial charge in [0.15, 0.2) is 0 Å². The largest absolute Gasteiger partial charge is 0.398 e. The average Bonchev–Trinajstić information content (AvgIpc) is 2.78. The Bertz CT molecular complexity index is 494. The first-order chi connectivity index (χ1) is 8.91. The maximum absolute atomic E-state index is 12.1. The number of carbonyl (C=O) groups excluding carboxylic acids is 1. The van der Waals surface area contributed by atoms with Gasteiger partial charge in [-0.05, 0) is 31.0 Å². The Labute approximate surface area is 112 Å². The van der Waals surface area contributed by atoms with Crippen molar-refractivity contribution >= 4 is 11.6 Å². The Morgan fingerprint density at radius 1 is 1.47 bits per heavy atom. The third-order valence-electron chi connectivity index (χ3n) is 3.52. The minimum absolute atomic E-state index is 0.194. The maximum atomic E-state index is 12.1. The van der Waals surface area contributed by atoms with Gasteiger partial charge in [0.2, 0.25) is 0 Å². The van der Waals surface area contributed by atoms with Crippen molar-refractivity contribution in [3.63, 3.8) is 0 Å². The van der Waals surface area contributed by atoms with Gasteiger partial charge in [0, 0.05) is 30.8 Å². The molecule has 1 fully saturated rings. The van der Waals surface area contributed by atoms with E-state index in [1.54, 1.807) is 6.07 Å². The van der Waals surface area contributed by atoms with Gasteiger partial charge in [-0.25, -0.2) is 0 Å². The molecular formula is C14H20N2O3. The molecule has 1 saturated heterocycles. The van der Waals surface area contributed by atoms with Crippen LogP contribution in [0.5, 0.6) is 0 Å². The molecule has 0 aliphatic carbocycles. The van der Waals surface area contributed by atoms with Crippen LogP contribution in [0.2, 0.25) is 0 Å². The fourth-order valence-electron chi connectivity index (χ4n) is 2.19. The van der Waals surface area contributed by atoms with Crippen molar-refractivity contribution in [1.82, 2.24) is 5.32 Å². The number of amides is 1. The van der Waals surface area contributed by atoms with E-state index in [0.717, 1.165) is 11.1 Å². The van der Waals surface area contributed by atoms with E-state index in [-0.39, 0.29) is 19.1 Å². The smallest absolute Gasteiger partial charge is 0.251 e. The number of carbonyl (C=O) groups is 1. The highest BCUT2D eigenvalue weighted by atomic mass is 16.5. The highest BCUT2D eigenvalue weighted by Gasteiger charge is 2.32. The van der Waals surface area contributed by atoms with Gasteiger partial charge in [-0.2, -0.15) is 0 Å². The van der Waals surface area contributed by atoms with Crippen LogP contribution >= 0.6 is 0 Å². The number of hydrogen-bond donors (Lipinski definition) is 3. The molecular weight excluding hydrogens is 244 g/mol. The van der Waals surface area contributed by atoms with E-state index in [0.29, 0.717) is 24.3 Å². The summed E-state index contributed by atoms with van der Waals surface area (Å²) in [7, 11) is 0. The van der Waals surface area contributed by atoms with Crippen molar-refractivity contribution in [2.45, 2.75) is 25.9 Å². The zero-order valence-corrected chi connectivity index (χ0v) is 11.3. The van der Waals surface area contributed by atoms with Gasteiger partial charge in [-0.1, -0.05) is 6.07 Å². The molecule has 104 valence electrons. The zero-order valence-electron chi connectivity index (χ0n) is 11.3. The van der Waals surface area contributed by atoms with Crippen LogP contribution in [-0.4, -0.2) is 36.4 Å². The molecule has 1 aliphatic rings. The van der Waals surface area contributed by atoms with E-state index >= 15 is 0 Å². The lowest BCUT2D eigenvalue weighted by atomic mass is 10.0. The van der Waals surface area contributed by atoms with Gasteiger partial charge in [-0.3, -0.25) is 4.79 Å². The summed E-state index contributed by atoms with van der Waals surface area (Å²) in [5, 5.41) is 12.8. The molecule has 1 atom stereocenters. The highest BCUT2D eigenvalue weighted by Crippen LogP contribution is 2.19. The fraction of sp³-hybridized carbons (Fsp3) is 0.500. The molecule has 0 spiro atoms. The van der Waals surface area contributed by atoms with E-state index in [1.165, 1.54) is 0 Å². The second kappa shape index (κ2) is 5.19. The standard InChI is InChI=1S/C14H20N2O3/c1-9-5-10(2)12(15)6-11(9)13(17)16-7-14(18)3-4-19-8-14/h5-6,18H,3-4,7-8,15H2,1-2H3,(H,16,17). The second-order valence-corrected chi connectivity index (χ2v) is 5.23. The number of ether oxygens (including phenoxy) is 1. The van der Waals surface area contributed by atoms with Gasteiger partial charge in [0.25, 0.3) is 5.91 Å². The maximum Gasteiger partial charge on any atom is 0.251 e. The van der Waals surface area contributed by atoms with E-state index < -0.39 is 5.60 Å². The van der Waals surface area contributed by atoms with Crippen LogP contribution in [0.15, 0.2) is 12.1 Å². The number of benzene rings is 1. The highest BCUT2D eigenvalue weighted by molar-refractivity contribution is 5.96. The lowest BCUT2D eigenvalue weighted by Crippen LogP contribution is -2.43. The minimum atomic E-state index is -0.945. The molecule has 5 nitrogen and oxygen atoms in total.